The zero-order valence-electron chi connectivity index (χ0n) is 30.9. The molecule has 0 spiro atoms. The minimum absolute atomic E-state index is 0.981. The summed E-state index contributed by atoms with van der Waals surface area (Å²) in [5.41, 5.74) is 10.1. The molecular weight excluding hydrogens is 693 g/mol. The highest BCUT2D eigenvalue weighted by Gasteiger charge is 2.15. The Bertz CT molecular complexity index is 3180. The molecule has 0 aliphatic rings. The Balaban J connectivity index is 0.981. The molecule has 0 amide bonds. The number of aromatic nitrogens is 3. The summed E-state index contributed by atoms with van der Waals surface area (Å²) in [7, 11) is 0. The molecule has 0 fully saturated rings. The summed E-state index contributed by atoms with van der Waals surface area (Å²) in [6.45, 7) is 0. The first-order chi connectivity index (χ1) is 28.2. The third-order valence-corrected chi connectivity index (χ3v) is 11.2. The molecule has 0 saturated carbocycles. The highest BCUT2D eigenvalue weighted by molar-refractivity contribution is 6.09. The molecule has 11 aromatic rings. The molecule has 3 aromatic heterocycles. The number of nitrogens with zero attached hydrogens (tertiary/aromatic N) is 4. The molecule has 0 aliphatic carbocycles. The van der Waals surface area contributed by atoms with Gasteiger partial charge in [0.05, 0.1) is 5.69 Å². The van der Waals surface area contributed by atoms with Crippen LogP contribution in [-0.4, -0.2) is 15.0 Å². The van der Waals surface area contributed by atoms with E-state index in [0.29, 0.717) is 0 Å². The van der Waals surface area contributed by atoms with Crippen LogP contribution in [0.2, 0.25) is 0 Å². The van der Waals surface area contributed by atoms with Crippen molar-refractivity contribution < 1.29 is 0 Å². The van der Waals surface area contributed by atoms with Gasteiger partial charge in [-0.2, -0.15) is 0 Å². The minimum Gasteiger partial charge on any atom is -0.310 e. The van der Waals surface area contributed by atoms with Gasteiger partial charge in [-0.3, -0.25) is 15.0 Å². The first-order valence-corrected chi connectivity index (χ1v) is 19.2. The number of anilines is 3. The second-order valence-corrected chi connectivity index (χ2v) is 14.6. The first-order valence-electron chi connectivity index (χ1n) is 19.2. The van der Waals surface area contributed by atoms with Crippen molar-refractivity contribution in [1.29, 1.82) is 0 Å². The Kier molecular flexibility index (Phi) is 7.78. The van der Waals surface area contributed by atoms with E-state index in [1.807, 2.05) is 31.0 Å². The number of pyridine rings is 3. The molecule has 4 heteroatoms. The molecule has 0 saturated heterocycles. The average molecular weight is 727 g/mol. The maximum Gasteiger partial charge on any atom is 0.0708 e. The number of hydrogen-bond donors (Lipinski definition) is 0. The fourth-order valence-corrected chi connectivity index (χ4v) is 8.18. The Morgan fingerprint density at radius 1 is 0.298 bits per heavy atom. The zero-order valence-corrected chi connectivity index (χ0v) is 30.9. The van der Waals surface area contributed by atoms with Gasteiger partial charge in [-0.1, -0.05) is 103 Å². The Labute approximate surface area is 330 Å². The van der Waals surface area contributed by atoms with Gasteiger partial charge in [0.15, 0.2) is 0 Å². The van der Waals surface area contributed by atoms with Crippen LogP contribution in [0.15, 0.2) is 207 Å². The number of fused-ring (bicyclic) bond motifs is 6. The molecule has 57 heavy (non-hydrogen) atoms. The molecule has 266 valence electrons. The van der Waals surface area contributed by atoms with Crippen molar-refractivity contribution in [2.45, 2.75) is 0 Å². The van der Waals surface area contributed by atoms with Gasteiger partial charge in [0.2, 0.25) is 0 Å². The fraction of sp³-hybridized carbons (Fsp3) is 0. The van der Waals surface area contributed by atoms with E-state index in [9.17, 15) is 0 Å². The van der Waals surface area contributed by atoms with Crippen LogP contribution in [0.5, 0.6) is 0 Å². The number of rotatable bonds is 6. The van der Waals surface area contributed by atoms with E-state index in [-0.39, 0.29) is 0 Å². The van der Waals surface area contributed by atoms with Gasteiger partial charge in [-0.05, 0) is 133 Å². The molecular formula is C53H34N4. The summed E-state index contributed by atoms with van der Waals surface area (Å²) in [4.78, 5) is 15.7. The summed E-state index contributed by atoms with van der Waals surface area (Å²) < 4.78 is 0. The normalized spacial score (nSPS) is 11.5. The largest absolute Gasteiger partial charge is 0.310 e. The maximum absolute atomic E-state index is 4.79. The maximum atomic E-state index is 4.79. The van der Waals surface area contributed by atoms with Crippen LogP contribution in [0.3, 0.4) is 0 Å². The van der Waals surface area contributed by atoms with E-state index in [1.165, 1.54) is 60.0 Å². The smallest absolute Gasteiger partial charge is 0.0708 e. The van der Waals surface area contributed by atoms with Crippen LogP contribution in [0, 0.1) is 0 Å². The van der Waals surface area contributed by atoms with Crippen LogP contribution < -0.4 is 4.90 Å². The molecule has 0 atom stereocenters. The highest BCUT2D eigenvalue weighted by Crippen LogP contribution is 2.40. The molecule has 0 radical (unpaired) electrons. The van der Waals surface area contributed by atoms with Crippen LogP contribution in [-0.2, 0) is 0 Å². The molecule has 8 aromatic carbocycles. The lowest BCUT2D eigenvalue weighted by Crippen LogP contribution is -2.09. The standard InChI is InChI=1S/C53H34N4/c1-2-4-45-34-56-53(31-37(45)3-1)44-15-21-51-42(29-44)7-8-43-30-50(20-22-52(43)51)57(48-16-11-35(12-17-48)38-5-9-46-32-54-25-23-40(46)27-38)49-18-13-36(14-19-49)39-6-10-47-33-55-26-24-41(47)28-39/h1-34H. The van der Waals surface area contributed by atoms with Crippen LogP contribution in [0.25, 0.3) is 87.4 Å². The minimum atomic E-state index is 0.981. The van der Waals surface area contributed by atoms with Crippen LogP contribution >= 0.6 is 0 Å². The van der Waals surface area contributed by atoms with Crippen molar-refractivity contribution in [3.8, 4) is 33.5 Å². The first kappa shape index (κ1) is 32.7. The summed E-state index contributed by atoms with van der Waals surface area (Å²) in [5.74, 6) is 0. The van der Waals surface area contributed by atoms with E-state index in [0.717, 1.165) is 44.5 Å². The molecule has 0 N–H and O–H groups in total. The van der Waals surface area contributed by atoms with Crippen molar-refractivity contribution in [1.82, 2.24) is 15.0 Å². The summed E-state index contributed by atoms with van der Waals surface area (Å²) in [5, 5.41) is 11.8. The summed E-state index contributed by atoms with van der Waals surface area (Å²) in [6, 6.07) is 63.6. The Hall–Kier alpha value is -7.69. The average Bonchev–Trinajstić information content (AvgIpc) is 3.29. The van der Waals surface area contributed by atoms with Crippen molar-refractivity contribution in [2.75, 3.05) is 4.90 Å². The van der Waals surface area contributed by atoms with Gasteiger partial charge >= 0.3 is 0 Å². The van der Waals surface area contributed by atoms with Crippen molar-refractivity contribution in [3.05, 3.63) is 207 Å². The lowest BCUT2D eigenvalue weighted by molar-refractivity contribution is 1.29. The molecule has 4 nitrogen and oxygen atoms in total. The number of benzene rings is 8. The number of hydrogen-bond acceptors (Lipinski definition) is 4. The van der Waals surface area contributed by atoms with Crippen molar-refractivity contribution in [3.63, 3.8) is 0 Å². The SMILES string of the molecule is c1ccc2cc(-c3ccc4c(ccc5cc(N(c6ccc(-c7ccc8cnccc8c7)cc6)c6ccc(-c7ccc8cnccc8c7)cc6)ccc54)c3)ncc2c1. The monoisotopic (exact) mass is 726 g/mol. The van der Waals surface area contributed by atoms with E-state index < -0.39 is 0 Å². The fourth-order valence-electron chi connectivity index (χ4n) is 8.18. The topological polar surface area (TPSA) is 41.9 Å². The van der Waals surface area contributed by atoms with Gasteiger partial charge in [0.1, 0.15) is 0 Å². The van der Waals surface area contributed by atoms with Crippen LogP contribution in [0.1, 0.15) is 0 Å². The predicted molar refractivity (Wildman–Crippen MR) is 238 cm³/mol. The van der Waals surface area contributed by atoms with Gasteiger partial charge < -0.3 is 4.90 Å². The van der Waals surface area contributed by atoms with E-state index >= 15 is 0 Å². The highest BCUT2D eigenvalue weighted by atomic mass is 15.1. The van der Waals surface area contributed by atoms with Crippen LogP contribution in [0.4, 0.5) is 17.1 Å². The zero-order chi connectivity index (χ0) is 37.7. The lowest BCUT2D eigenvalue weighted by Gasteiger charge is -2.26. The Morgan fingerprint density at radius 3 is 1.39 bits per heavy atom. The van der Waals surface area contributed by atoms with Gasteiger partial charge in [0.25, 0.3) is 0 Å². The molecule has 0 aliphatic heterocycles. The van der Waals surface area contributed by atoms with Crippen molar-refractivity contribution in [2.24, 2.45) is 0 Å². The van der Waals surface area contributed by atoms with E-state index in [4.69, 9.17) is 4.98 Å². The quantitative estimate of drug-likeness (QED) is 0.160. The second kappa shape index (κ2) is 13.6. The Morgan fingerprint density at radius 2 is 0.754 bits per heavy atom. The third-order valence-electron chi connectivity index (χ3n) is 11.2. The van der Waals surface area contributed by atoms with Gasteiger partial charge in [-0.25, -0.2) is 0 Å². The van der Waals surface area contributed by atoms with Gasteiger partial charge in [0, 0.05) is 69.8 Å². The lowest BCUT2D eigenvalue weighted by atomic mass is 9.97. The van der Waals surface area contributed by atoms with Crippen molar-refractivity contribution >= 4 is 70.9 Å². The predicted octanol–water partition coefficient (Wildman–Crippen LogP) is 14.1. The second-order valence-electron chi connectivity index (χ2n) is 14.6. The molecule has 3 heterocycles. The summed E-state index contributed by atoms with van der Waals surface area (Å²) >= 11 is 0. The molecule has 0 unspecified atom stereocenters. The summed E-state index contributed by atoms with van der Waals surface area (Å²) in [6.07, 6.45) is 9.49. The van der Waals surface area contributed by atoms with Gasteiger partial charge in [-0.15, -0.1) is 0 Å². The van der Waals surface area contributed by atoms with E-state index in [2.05, 4.69) is 191 Å². The molecule has 0 bridgehead atoms. The molecule has 11 rings (SSSR count). The third kappa shape index (κ3) is 6.01. The van der Waals surface area contributed by atoms with E-state index in [1.54, 1.807) is 0 Å².